The normalized spacial score (nSPS) is 28.6. The summed E-state index contributed by atoms with van der Waals surface area (Å²) in [6.45, 7) is 2.08. The van der Waals surface area contributed by atoms with E-state index in [1.54, 1.807) is 11.8 Å². The van der Waals surface area contributed by atoms with Gasteiger partial charge in [0.1, 0.15) is 23.9 Å². The number of nitrogens with one attached hydrogen (secondary N) is 2. The van der Waals surface area contributed by atoms with Crippen molar-refractivity contribution in [3.05, 3.63) is 47.8 Å². The smallest absolute Gasteiger partial charge is 0.310 e. The molecule has 3 heterocycles. The Hall–Kier alpha value is -3.27. The van der Waals surface area contributed by atoms with E-state index in [9.17, 15) is 23.6 Å². The minimum absolute atomic E-state index is 0.000405. The van der Waals surface area contributed by atoms with Crippen molar-refractivity contribution in [1.29, 1.82) is 0 Å². The molecule has 3 amide bonds. The van der Waals surface area contributed by atoms with Crippen LogP contribution < -0.4 is 10.6 Å². The summed E-state index contributed by atoms with van der Waals surface area (Å²) in [6, 6.07) is 2.67. The fourth-order valence-corrected chi connectivity index (χ4v) is 4.68. The van der Waals surface area contributed by atoms with E-state index in [0.717, 1.165) is 0 Å². The van der Waals surface area contributed by atoms with Crippen LogP contribution in [0.4, 0.5) is 4.39 Å². The van der Waals surface area contributed by atoms with Crippen molar-refractivity contribution in [2.75, 3.05) is 6.61 Å². The summed E-state index contributed by atoms with van der Waals surface area (Å²) >= 11 is 0. The largest absolute Gasteiger partial charge is 0.433 e. The van der Waals surface area contributed by atoms with Gasteiger partial charge < -0.3 is 25.0 Å². The second kappa shape index (κ2) is 10.3. The van der Waals surface area contributed by atoms with Crippen LogP contribution in [0.3, 0.4) is 0 Å². The molecule has 3 aliphatic rings. The molecular formula is C24H28FN3O6. The summed E-state index contributed by atoms with van der Waals surface area (Å²) in [5.74, 6) is -2.13. The lowest BCUT2D eigenvalue weighted by molar-refractivity contribution is -0.164. The standard InChI is InChI=1S/C24H28FN3O6/c1-2-33-24-18(13-20(29)34-24)27-22(31)19-12-11-16-5-3-4-6-17(23(32)28(16)19)26-21(30)14-7-9-15(25)10-8-14/h3-4,7-10,16-19,24H,2,5-6,11-13H2,1H3,(H,26,30)(H,27,31)/t16-,17+,18?,19+,24?/m1/s1. The first-order valence-electron chi connectivity index (χ1n) is 11.5. The van der Waals surface area contributed by atoms with Crippen LogP contribution in [-0.2, 0) is 23.9 Å². The van der Waals surface area contributed by atoms with Gasteiger partial charge in [-0.2, -0.15) is 0 Å². The van der Waals surface area contributed by atoms with Crippen molar-refractivity contribution < 1.29 is 33.0 Å². The van der Waals surface area contributed by atoms with E-state index in [1.165, 1.54) is 24.3 Å². The van der Waals surface area contributed by atoms with Crippen molar-refractivity contribution in [2.24, 2.45) is 0 Å². The average molecular weight is 474 g/mol. The first-order valence-corrected chi connectivity index (χ1v) is 11.5. The number of cyclic esters (lactones) is 1. The highest BCUT2D eigenvalue weighted by Crippen LogP contribution is 2.30. The van der Waals surface area contributed by atoms with E-state index in [0.29, 0.717) is 25.9 Å². The van der Waals surface area contributed by atoms with Gasteiger partial charge in [0.15, 0.2) is 0 Å². The fourth-order valence-electron chi connectivity index (χ4n) is 4.68. The van der Waals surface area contributed by atoms with E-state index >= 15 is 0 Å². The topological polar surface area (TPSA) is 114 Å². The number of fused-ring (bicyclic) bond motifs is 1. The molecule has 4 rings (SSSR count). The summed E-state index contributed by atoms with van der Waals surface area (Å²) in [7, 11) is 0. The number of carbonyl (C=O) groups excluding carboxylic acids is 4. The van der Waals surface area contributed by atoms with Gasteiger partial charge in [-0.15, -0.1) is 0 Å². The Labute approximate surface area is 196 Å². The Kier molecular flexibility index (Phi) is 7.26. The highest BCUT2D eigenvalue weighted by Gasteiger charge is 2.45. The second-order valence-corrected chi connectivity index (χ2v) is 8.60. The van der Waals surface area contributed by atoms with Crippen molar-refractivity contribution >= 4 is 23.7 Å². The molecule has 0 aliphatic carbocycles. The van der Waals surface area contributed by atoms with Crippen LogP contribution in [0.25, 0.3) is 0 Å². The molecule has 0 bridgehead atoms. The van der Waals surface area contributed by atoms with Gasteiger partial charge in [0.25, 0.3) is 5.91 Å². The van der Waals surface area contributed by atoms with E-state index in [-0.39, 0.29) is 36.3 Å². The molecule has 182 valence electrons. The van der Waals surface area contributed by atoms with E-state index in [2.05, 4.69) is 10.6 Å². The SMILES string of the molecule is CCOC1OC(=O)CC1NC(=O)[C@@H]1CC[C@H]2CC=CC[C@H](NC(=O)c3ccc(F)cc3)C(=O)N21. The maximum Gasteiger partial charge on any atom is 0.310 e. The number of nitrogens with zero attached hydrogens (tertiary/aromatic N) is 1. The number of benzene rings is 1. The van der Waals surface area contributed by atoms with Crippen LogP contribution in [0.15, 0.2) is 36.4 Å². The van der Waals surface area contributed by atoms with Gasteiger partial charge in [-0.05, 0) is 56.9 Å². The monoisotopic (exact) mass is 473 g/mol. The van der Waals surface area contributed by atoms with E-state index in [1.807, 2.05) is 12.2 Å². The third-order valence-corrected chi connectivity index (χ3v) is 6.34. The third kappa shape index (κ3) is 5.11. The lowest BCUT2D eigenvalue weighted by Crippen LogP contribution is -2.57. The zero-order valence-electron chi connectivity index (χ0n) is 18.9. The second-order valence-electron chi connectivity index (χ2n) is 8.60. The maximum absolute atomic E-state index is 13.5. The Morgan fingerprint density at radius 1 is 1.12 bits per heavy atom. The minimum Gasteiger partial charge on any atom is -0.433 e. The Balaban J connectivity index is 1.48. The molecule has 2 fully saturated rings. The predicted octanol–water partition coefficient (Wildman–Crippen LogP) is 1.43. The number of amides is 3. The lowest BCUT2D eigenvalue weighted by Gasteiger charge is -2.34. The van der Waals surface area contributed by atoms with Gasteiger partial charge in [-0.25, -0.2) is 4.39 Å². The van der Waals surface area contributed by atoms with Crippen molar-refractivity contribution in [2.45, 2.75) is 69.5 Å². The van der Waals surface area contributed by atoms with Crippen LogP contribution in [0.2, 0.25) is 0 Å². The third-order valence-electron chi connectivity index (χ3n) is 6.34. The van der Waals surface area contributed by atoms with Crippen molar-refractivity contribution in [3.63, 3.8) is 0 Å². The molecule has 9 nitrogen and oxygen atoms in total. The Morgan fingerprint density at radius 2 is 1.85 bits per heavy atom. The molecule has 2 N–H and O–H groups in total. The lowest BCUT2D eigenvalue weighted by atomic mass is 10.0. The van der Waals surface area contributed by atoms with Gasteiger partial charge in [0.2, 0.25) is 18.1 Å². The highest BCUT2D eigenvalue weighted by molar-refractivity contribution is 5.98. The molecule has 0 radical (unpaired) electrons. The van der Waals surface area contributed by atoms with E-state index < -0.39 is 42.1 Å². The van der Waals surface area contributed by atoms with Gasteiger partial charge in [-0.1, -0.05) is 12.2 Å². The van der Waals surface area contributed by atoms with Gasteiger partial charge in [0.05, 0.1) is 6.42 Å². The molecule has 0 saturated carbocycles. The highest BCUT2D eigenvalue weighted by atomic mass is 19.1. The number of halogens is 1. The maximum atomic E-state index is 13.5. The Morgan fingerprint density at radius 3 is 2.59 bits per heavy atom. The molecule has 0 spiro atoms. The molecule has 0 aromatic heterocycles. The number of carbonyl (C=O) groups is 4. The summed E-state index contributed by atoms with van der Waals surface area (Å²) in [5.41, 5.74) is 0.236. The van der Waals surface area contributed by atoms with Crippen molar-refractivity contribution in [1.82, 2.24) is 15.5 Å². The molecule has 1 aromatic carbocycles. The summed E-state index contributed by atoms with van der Waals surface area (Å²) in [4.78, 5) is 52.6. The molecule has 2 unspecified atom stereocenters. The zero-order valence-corrected chi connectivity index (χ0v) is 18.9. The van der Waals surface area contributed by atoms with Crippen LogP contribution >= 0.6 is 0 Å². The summed E-state index contributed by atoms with van der Waals surface area (Å²) < 4.78 is 23.7. The molecular weight excluding hydrogens is 445 g/mol. The number of esters is 1. The number of hydrogen-bond donors (Lipinski definition) is 2. The van der Waals surface area contributed by atoms with Gasteiger partial charge >= 0.3 is 5.97 Å². The van der Waals surface area contributed by atoms with Crippen LogP contribution in [-0.4, -0.2) is 65.7 Å². The summed E-state index contributed by atoms with van der Waals surface area (Å²) in [5, 5.41) is 5.54. The van der Waals surface area contributed by atoms with E-state index in [4.69, 9.17) is 9.47 Å². The number of rotatable bonds is 6. The first kappa shape index (κ1) is 23.9. The quantitative estimate of drug-likeness (QED) is 0.477. The number of ether oxygens (including phenoxy) is 2. The fraction of sp³-hybridized carbons (Fsp3) is 0.500. The zero-order chi connectivity index (χ0) is 24.2. The molecule has 10 heteroatoms. The Bertz CT molecular complexity index is 981. The molecule has 1 aromatic rings. The van der Waals surface area contributed by atoms with Crippen LogP contribution in [0.5, 0.6) is 0 Å². The average Bonchev–Trinajstić information content (AvgIpc) is 3.37. The molecule has 3 aliphatic heterocycles. The predicted molar refractivity (Wildman–Crippen MR) is 118 cm³/mol. The molecule has 5 atom stereocenters. The van der Waals surface area contributed by atoms with Crippen molar-refractivity contribution in [3.8, 4) is 0 Å². The summed E-state index contributed by atoms with van der Waals surface area (Å²) in [6.07, 6.45) is 4.95. The number of hydrogen-bond acceptors (Lipinski definition) is 6. The first-order chi connectivity index (χ1) is 16.4. The van der Waals surface area contributed by atoms with Gasteiger partial charge in [-0.3, -0.25) is 19.2 Å². The minimum atomic E-state index is -0.863. The van der Waals surface area contributed by atoms with Crippen LogP contribution in [0.1, 0.15) is 49.4 Å². The van der Waals surface area contributed by atoms with Crippen LogP contribution in [0, 0.1) is 5.82 Å². The molecule has 34 heavy (non-hydrogen) atoms. The molecule has 2 saturated heterocycles. The van der Waals surface area contributed by atoms with Gasteiger partial charge in [0, 0.05) is 18.2 Å².